The number of thiophene rings is 1. The van der Waals surface area contributed by atoms with Crippen molar-refractivity contribution in [2.75, 3.05) is 0 Å². The van der Waals surface area contributed by atoms with Gasteiger partial charge < -0.3 is 5.32 Å². The van der Waals surface area contributed by atoms with Crippen molar-refractivity contribution in [3.05, 3.63) is 97.2 Å². The number of carbonyl (C=O) groups excluding carboxylic acids is 1. The van der Waals surface area contributed by atoms with Gasteiger partial charge in [-0.15, -0.1) is 11.3 Å². The second-order valence-electron chi connectivity index (χ2n) is 6.04. The molecule has 1 N–H and O–H groups in total. The van der Waals surface area contributed by atoms with E-state index in [1.54, 1.807) is 24.3 Å². The average Bonchev–Trinajstić information content (AvgIpc) is 3.14. The number of benzene rings is 2. The van der Waals surface area contributed by atoms with Crippen LogP contribution in [0.15, 0.2) is 60.0 Å². The predicted octanol–water partition coefficient (Wildman–Crippen LogP) is 4.79. The van der Waals surface area contributed by atoms with Gasteiger partial charge in [0.2, 0.25) is 0 Å². The van der Waals surface area contributed by atoms with Gasteiger partial charge in [-0.1, -0.05) is 42.0 Å². The number of nitro benzene ring substituents is 1. The van der Waals surface area contributed by atoms with E-state index >= 15 is 0 Å². The number of rotatable bonds is 5. The minimum atomic E-state index is -0.469. The van der Waals surface area contributed by atoms with E-state index in [0.29, 0.717) is 11.1 Å². The first-order chi connectivity index (χ1) is 12.5. The summed E-state index contributed by atoms with van der Waals surface area (Å²) in [5.41, 5.74) is 2.73. The van der Waals surface area contributed by atoms with Crippen LogP contribution in [0.5, 0.6) is 0 Å². The fraction of sp³-hybridized carbons (Fsp3) is 0.150. The highest BCUT2D eigenvalue weighted by Crippen LogP contribution is 2.28. The zero-order valence-corrected chi connectivity index (χ0v) is 15.2. The minimum Gasteiger partial charge on any atom is -0.340 e. The number of amides is 1. The lowest BCUT2D eigenvalue weighted by Crippen LogP contribution is -2.29. The van der Waals surface area contributed by atoms with Crippen LogP contribution in [0.2, 0.25) is 0 Å². The number of nitrogens with one attached hydrogen (secondary N) is 1. The lowest BCUT2D eigenvalue weighted by atomic mass is 10.0. The summed E-state index contributed by atoms with van der Waals surface area (Å²) >= 11 is 1.56. The smallest absolute Gasteiger partial charge is 0.273 e. The summed E-state index contributed by atoms with van der Waals surface area (Å²) in [5, 5.41) is 16.1. The fourth-order valence-corrected chi connectivity index (χ4v) is 3.61. The molecule has 0 aliphatic heterocycles. The molecule has 5 nitrogen and oxygen atoms in total. The van der Waals surface area contributed by atoms with Crippen LogP contribution in [0.3, 0.4) is 0 Å². The first kappa shape index (κ1) is 17.8. The molecule has 0 aliphatic carbocycles. The monoisotopic (exact) mass is 366 g/mol. The van der Waals surface area contributed by atoms with E-state index in [1.807, 2.05) is 48.7 Å². The molecule has 1 heterocycles. The molecule has 6 heteroatoms. The zero-order valence-electron chi connectivity index (χ0n) is 14.4. The molecular formula is C20H18N2O3S. The molecule has 2 aromatic carbocycles. The number of carbonyl (C=O) groups is 1. The van der Waals surface area contributed by atoms with Gasteiger partial charge in [0.1, 0.15) is 0 Å². The van der Waals surface area contributed by atoms with Crippen molar-refractivity contribution >= 4 is 22.9 Å². The van der Waals surface area contributed by atoms with Gasteiger partial charge in [0.25, 0.3) is 11.6 Å². The molecule has 0 aliphatic rings. The summed E-state index contributed by atoms with van der Waals surface area (Å²) in [5.74, 6) is -0.329. The fourth-order valence-electron chi connectivity index (χ4n) is 2.81. The molecule has 0 radical (unpaired) electrons. The van der Waals surface area contributed by atoms with Crippen LogP contribution in [0.25, 0.3) is 0 Å². The molecule has 1 amide bonds. The van der Waals surface area contributed by atoms with Crippen molar-refractivity contribution in [3.8, 4) is 0 Å². The SMILES string of the molecule is Cc1ccc(C(NC(=O)c2cccc([N+](=O)[O-])c2C)c2cccs2)cc1. The third kappa shape index (κ3) is 3.65. The standard InChI is InChI=1S/C20H18N2O3S/c1-13-8-10-15(11-9-13)19(18-7-4-12-26-18)21-20(23)16-5-3-6-17(14(16)2)22(24)25/h3-12,19H,1-2H3,(H,21,23). The number of nitro groups is 1. The van der Waals surface area contributed by atoms with Crippen molar-refractivity contribution < 1.29 is 9.72 Å². The molecule has 1 unspecified atom stereocenters. The van der Waals surface area contributed by atoms with Crippen molar-refractivity contribution in [2.45, 2.75) is 19.9 Å². The van der Waals surface area contributed by atoms with Crippen molar-refractivity contribution in [2.24, 2.45) is 0 Å². The van der Waals surface area contributed by atoms with Gasteiger partial charge in [-0.25, -0.2) is 0 Å². The van der Waals surface area contributed by atoms with Gasteiger partial charge in [-0.2, -0.15) is 0 Å². The predicted molar refractivity (Wildman–Crippen MR) is 103 cm³/mol. The molecule has 1 aromatic heterocycles. The molecule has 1 atom stereocenters. The Balaban J connectivity index is 1.95. The molecule has 0 saturated heterocycles. The average molecular weight is 366 g/mol. The van der Waals surface area contributed by atoms with E-state index in [-0.39, 0.29) is 17.6 Å². The highest BCUT2D eigenvalue weighted by Gasteiger charge is 2.22. The Morgan fingerprint density at radius 3 is 2.42 bits per heavy atom. The molecule has 3 rings (SSSR count). The molecule has 0 bridgehead atoms. The van der Waals surface area contributed by atoms with E-state index in [4.69, 9.17) is 0 Å². The van der Waals surface area contributed by atoms with Crippen LogP contribution in [-0.2, 0) is 0 Å². The number of aryl methyl sites for hydroxylation is 1. The molecule has 0 fully saturated rings. The zero-order chi connectivity index (χ0) is 18.7. The maximum absolute atomic E-state index is 12.9. The third-order valence-corrected chi connectivity index (χ3v) is 5.20. The molecule has 132 valence electrons. The van der Waals surface area contributed by atoms with E-state index in [9.17, 15) is 14.9 Å². The summed E-state index contributed by atoms with van der Waals surface area (Å²) in [6, 6.07) is 16.1. The second kappa shape index (κ2) is 7.49. The number of nitrogens with zero attached hydrogens (tertiary/aromatic N) is 1. The second-order valence-corrected chi connectivity index (χ2v) is 7.02. The maximum Gasteiger partial charge on any atom is 0.273 e. The van der Waals surface area contributed by atoms with E-state index < -0.39 is 4.92 Å². The quantitative estimate of drug-likeness (QED) is 0.521. The highest BCUT2D eigenvalue weighted by molar-refractivity contribution is 7.10. The van der Waals surface area contributed by atoms with Crippen LogP contribution < -0.4 is 5.32 Å². The molecular weight excluding hydrogens is 348 g/mol. The number of hydrogen-bond donors (Lipinski definition) is 1. The number of hydrogen-bond acceptors (Lipinski definition) is 4. The van der Waals surface area contributed by atoms with Crippen LogP contribution in [0, 0.1) is 24.0 Å². The Kier molecular flexibility index (Phi) is 5.14. The first-order valence-electron chi connectivity index (χ1n) is 8.12. The van der Waals surface area contributed by atoms with Crippen molar-refractivity contribution in [3.63, 3.8) is 0 Å². The first-order valence-corrected chi connectivity index (χ1v) is 9.00. The minimum absolute atomic E-state index is 0.0549. The van der Waals surface area contributed by atoms with E-state index in [2.05, 4.69) is 5.32 Å². The Bertz CT molecular complexity index is 934. The maximum atomic E-state index is 12.9. The lowest BCUT2D eigenvalue weighted by molar-refractivity contribution is -0.385. The summed E-state index contributed by atoms with van der Waals surface area (Å²) in [4.78, 5) is 24.5. The largest absolute Gasteiger partial charge is 0.340 e. The molecule has 26 heavy (non-hydrogen) atoms. The molecule has 3 aromatic rings. The summed E-state index contributed by atoms with van der Waals surface area (Å²) in [6.07, 6.45) is 0. The highest BCUT2D eigenvalue weighted by atomic mass is 32.1. The topological polar surface area (TPSA) is 72.2 Å². The summed E-state index contributed by atoms with van der Waals surface area (Å²) in [6.45, 7) is 3.61. The van der Waals surface area contributed by atoms with Gasteiger partial charge in [0.05, 0.1) is 11.0 Å². The lowest BCUT2D eigenvalue weighted by Gasteiger charge is -2.19. The Hall–Kier alpha value is -2.99. The van der Waals surface area contributed by atoms with Gasteiger partial charge in [0, 0.05) is 22.1 Å². The van der Waals surface area contributed by atoms with Gasteiger partial charge in [-0.05, 0) is 36.9 Å². The van der Waals surface area contributed by atoms with E-state index in [0.717, 1.165) is 16.0 Å². The van der Waals surface area contributed by atoms with Gasteiger partial charge in [-0.3, -0.25) is 14.9 Å². The Morgan fingerprint density at radius 1 is 1.08 bits per heavy atom. The van der Waals surface area contributed by atoms with Gasteiger partial charge in [0.15, 0.2) is 0 Å². The van der Waals surface area contributed by atoms with Crippen molar-refractivity contribution in [1.29, 1.82) is 0 Å². The Labute approximate surface area is 155 Å². The summed E-state index contributed by atoms with van der Waals surface area (Å²) < 4.78 is 0. The summed E-state index contributed by atoms with van der Waals surface area (Å²) in [7, 11) is 0. The van der Waals surface area contributed by atoms with Crippen molar-refractivity contribution in [1.82, 2.24) is 5.32 Å². The van der Waals surface area contributed by atoms with Crippen LogP contribution in [0.1, 0.15) is 38.0 Å². The molecule has 0 saturated carbocycles. The normalized spacial score (nSPS) is 11.8. The van der Waals surface area contributed by atoms with Crippen LogP contribution in [0.4, 0.5) is 5.69 Å². The Morgan fingerprint density at radius 2 is 1.81 bits per heavy atom. The van der Waals surface area contributed by atoms with Crippen LogP contribution in [-0.4, -0.2) is 10.8 Å². The van der Waals surface area contributed by atoms with E-state index in [1.165, 1.54) is 12.1 Å². The van der Waals surface area contributed by atoms with Crippen LogP contribution >= 0.6 is 11.3 Å². The third-order valence-electron chi connectivity index (χ3n) is 4.26. The molecule has 0 spiro atoms. The van der Waals surface area contributed by atoms with Gasteiger partial charge >= 0.3 is 0 Å².